The van der Waals surface area contributed by atoms with Crippen molar-refractivity contribution in [3.63, 3.8) is 0 Å². The number of amides is 1. The number of para-hydroxylation sites is 1. The number of aromatic nitrogens is 2. The molecular weight excluding hydrogens is 482 g/mol. The second-order valence-electron chi connectivity index (χ2n) is 7.99. The molecule has 1 aliphatic rings. The molecule has 6 nitrogen and oxygen atoms in total. The van der Waals surface area contributed by atoms with Gasteiger partial charge in [-0.3, -0.25) is 14.4 Å². The summed E-state index contributed by atoms with van der Waals surface area (Å²) in [6.45, 7) is 1.75. The lowest BCUT2D eigenvalue weighted by atomic mass is 9.96. The van der Waals surface area contributed by atoms with Crippen LogP contribution in [0.2, 0.25) is 0 Å². The van der Waals surface area contributed by atoms with E-state index in [2.05, 4.69) is 20.9 Å². The Labute approximate surface area is 198 Å². The molecule has 0 aliphatic carbocycles. The Morgan fingerprint density at radius 3 is 2.33 bits per heavy atom. The number of hydrogen-bond donors (Lipinski definition) is 0. The molecule has 2 aromatic heterocycles. The highest BCUT2D eigenvalue weighted by Crippen LogP contribution is 2.21. The zero-order valence-electron chi connectivity index (χ0n) is 17.7. The van der Waals surface area contributed by atoms with Crippen LogP contribution in [0.1, 0.15) is 38.4 Å². The normalized spacial score (nSPS) is 13.1. The first kappa shape index (κ1) is 21.3. The van der Waals surface area contributed by atoms with Crippen LogP contribution in [0.5, 0.6) is 0 Å². The third kappa shape index (κ3) is 4.00. The van der Waals surface area contributed by atoms with Gasteiger partial charge in [0.2, 0.25) is 5.43 Å². The highest BCUT2D eigenvalue weighted by molar-refractivity contribution is 9.10. The van der Waals surface area contributed by atoms with Gasteiger partial charge in [0.25, 0.3) is 5.91 Å². The predicted molar refractivity (Wildman–Crippen MR) is 130 cm³/mol. The standard InChI is InChI=1S/C26H20BrN3O3/c27-23-12-5-7-17(28-23)15-30-16-21(25(32)20-10-3-4-11-22(20)30)24(31)18-8-1-2-9-19(18)26(33)29-13-6-14-29/h1-5,7-12,16H,6,13-15H2. The average molecular weight is 502 g/mol. The van der Waals surface area contributed by atoms with Crippen LogP contribution in [0.15, 0.2) is 82.3 Å². The summed E-state index contributed by atoms with van der Waals surface area (Å²) < 4.78 is 2.57. The van der Waals surface area contributed by atoms with E-state index >= 15 is 0 Å². The fourth-order valence-electron chi connectivity index (χ4n) is 4.05. The molecule has 1 aliphatic heterocycles. The molecule has 164 valence electrons. The Balaban J connectivity index is 1.63. The Hall–Kier alpha value is -3.58. The molecule has 33 heavy (non-hydrogen) atoms. The molecule has 3 heterocycles. The van der Waals surface area contributed by atoms with Crippen molar-refractivity contribution in [2.24, 2.45) is 0 Å². The van der Waals surface area contributed by atoms with E-state index in [0.717, 1.165) is 12.1 Å². The van der Waals surface area contributed by atoms with Crippen LogP contribution in [0, 0.1) is 0 Å². The number of benzene rings is 2. The first-order chi connectivity index (χ1) is 16.0. The molecule has 0 saturated carbocycles. The average Bonchev–Trinajstić information content (AvgIpc) is 2.79. The van der Waals surface area contributed by atoms with Crippen molar-refractivity contribution >= 4 is 38.5 Å². The van der Waals surface area contributed by atoms with Crippen molar-refractivity contribution in [2.45, 2.75) is 13.0 Å². The third-order valence-corrected chi connectivity index (χ3v) is 6.32. The summed E-state index contributed by atoms with van der Waals surface area (Å²) in [5.74, 6) is -0.629. The van der Waals surface area contributed by atoms with E-state index in [1.165, 1.54) is 0 Å². The van der Waals surface area contributed by atoms with Gasteiger partial charge >= 0.3 is 0 Å². The molecule has 4 aromatic rings. The van der Waals surface area contributed by atoms with Crippen LogP contribution in [0.4, 0.5) is 0 Å². The van der Waals surface area contributed by atoms with Crippen LogP contribution < -0.4 is 5.43 Å². The van der Waals surface area contributed by atoms with E-state index in [9.17, 15) is 14.4 Å². The second kappa shape index (κ2) is 8.75. The minimum atomic E-state index is -0.453. The zero-order chi connectivity index (χ0) is 22.9. The topological polar surface area (TPSA) is 72.3 Å². The van der Waals surface area contributed by atoms with Gasteiger partial charge in [-0.1, -0.05) is 36.4 Å². The lowest BCUT2D eigenvalue weighted by molar-refractivity contribution is 0.0648. The highest BCUT2D eigenvalue weighted by Gasteiger charge is 2.27. The number of ketones is 1. The van der Waals surface area contributed by atoms with Crippen molar-refractivity contribution in [1.29, 1.82) is 0 Å². The Morgan fingerprint density at radius 2 is 1.61 bits per heavy atom. The first-order valence-electron chi connectivity index (χ1n) is 10.7. The van der Waals surface area contributed by atoms with Crippen LogP contribution in [-0.4, -0.2) is 39.2 Å². The predicted octanol–water partition coefficient (Wildman–Crippen LogP) is 4.28. The molecular formula is C26H20BrN3O3. The number of rotatable bonds is 5. The monoisotopic (exact) mass is 501 g/mol. The molecule has 0 N–H and O–H groups in total. The van der Waals surface area contributed by atoms with Gasteiger partial charge in [-0.05, 0) is 52.7 Å². The van der Waals surface area contributed by atoms with Crippen molar-refractivity contribution in [3.8, 4) is 0 Å². The summed E-state index contributed by atoms with van der Waals surface area (Å²) in [5, 5.41) is 0.449. The number of hydrogen-bond acceptors (Lipinski definition) is 4. The Kier molecular flexibility index (Phi) is 5.64. The van der Waals surface area contributed by atoms with E-state index in [4.69, 9.17) is 0 Å². The summed E-state index contributed by atoms with van der Waals surface area (Å²) in [6, 6.07) is 19.5. The molecule has 7 heteroatoms. The Morgan fingerprint density at radius 1 is 0.879 bits per heavy atom. The first-order valence-corrected chi connectivity index (χ1v) is 11.5. The molecule has 0 bridgehead atoms. The molecule has 0 spiro atoms. The van der Waals surface area contributed by atoms with E-state index in [1.807, 2.05) is 34.9 Å². The van der Waals surface area contributed by atoms with Crippen LogP contribution in [0.3, 0.4) is 0 Å². The molecule has 2 aromatic carbocycles. The quantitative estimate of drug-likeness (QED) is 0.302. The minimum absolute atomic E-state index is 0.0348. The van der Waals surface area contributed by atoms with Crippen LogP contribution in [-0.2, 0) is 6.54 Å². The molecule has 0 radical (unpaired) electrons. The third-order valence-electron chi connectivity index (χ3n) is 5.88. The van der Waals surface area contributed by atoms with Crippen molar-refractivity contribution in [1.82, 2.24) is 14.5 Å². The molecule has 0 atom stereocenters. The summed E-state index contributed by atoms with van der Waals surface area (Å²) in [4.78, 5) is 46.0. The maximum absolute atomic E-state index is 13.6. The van der Waals surface area contributed by atoms with E-state index in [-0.39, 0.29) is 22.5 Å². The van der Waals surface area contributed by atoms with Gasteiger partial charge in [-0.2, -0.15) is 0 Å². The van der Waals surface area contributed by atoms with Gasteiger partial charge < -0.3 is 9.47 Å². The lowest BCUT2D eigenvalue weighted by Crippen LogP contribution is -2.42. The van der Waals surface area contributed by atoms with Gasteiger partial charge in [-0.15, -0.1) is 0 Å². The maximum Gasteiger partial charge on any atom is 0.254 e. The van der Waals surface area contributed by atoms with Crippen molar-refractivity contribution < 1.29 is 9.59 Å². The number of pyridine rings is 2. The zero-order valence-corrected chi connectivity index (χ0v) is 19.3. The van der Waals surface area contributed by atoms with Gasteiger partial charge in [0.05, 0.1) is 28.9 Å². The summed E-state index contributed by atoms with van der Waals surface area (Å²) in [5.41, 5.74) is 1.76. The fourth-order valence-corrected chi connectivity index (χ4v) is 4.43. The summed E-state index contributed by atoms with van der Waals surface area (Å²) in [7, 11) is 0. The molecule has 1 amide bonds. The highest BCUT2D eigenvalue weighted by atomic mass is 79.9. The number of carbonyl (C=O) groups is 2. The number of carbonyl (C=O) groups excluding carboxylic acids is 2. The number of fused-ring (bicyclic) bond motifs is 1. The number of nitrogens with zero attached hydrogens (tertiary/aromatic N) is 3. The van der Waals surface area contributed by atoms with Gasteiger partial charge in [0.15, 0.2) is 5.78 Å². The maximum atomic E-state index is 13.6. The molecule has 5 rings (SSSR count). The van der Waals surface area contributed by atoms with Crippen molar-refractivity contribution in [3.05, 3.63) is 110 Å². The fraction of sp³-hybridized carbons (Fsp3) is 0.154. The number of likely N-dealkylation sites (tertiary alicyclic amines) is 1. The SMILES string of the molecule is O=C(c1ccccc1C(=O)N1CCC1)c1cn(Cc2cccc(Br)n2)c2ccccc2c1=O. The summed E-state index contributed by atoms with van der Waals surface area (Å²) >= 11 is 3.39. The van der Waals surface area contributed by atoms with Gasteiger partial charge in [0, 0.05) is 30.2 Å². The largest absolute Gasteiger partial charge is 0.340 e. The molecule has 1 fully saturated rings. The van der Waals surface area contributed by atoms with E-state index < -0.39 is 5.78 Å². The lowest BCUT2D eigenvalue weighted by Gasteiger charge is -2.31. The smallest absolute Gasteiger partial charge is 0.254 e. The number of halogens is 1. The van der Waals surface area contributed by atoms with Gasteiger partial charge in [-0.25, -0.2) is 4.98 Å². The second-order valence-corrected chi connectivity index (χ2v) is 8.80. The summed E-state index contributed by atoms with van der Waals surface area (Å²) in [6.07, 6.45) is 2.54. The Bertz CT molecular complexity index is 1460. The van der Waals surface area contributed by atoms with E-state index in [1.54, 1.807) is 47.5 Å². The molecule has 0 unspecified atom stereocenters. The molecule has 1 saturated heterocycles. The van der Waals surface area contributed by atoms with Crippen LogP contribution >= 0.6 is 15.9 Å². The van der Waals surface area contributed by atoms with Crippen LogP contribution in [0.25, 0.3) is 10.9 Å². The van der Waals surface area contributed by atoms with E-state index in [0.29, 0.717) is 40.7 Å². The minimum Gasteiger partial charge on any atom is -0.340 e. The van der Waals surface area contributed by atoms with Crippen molar-refractivity contribution in [2.75, 3.05) is 13.1 Å². The van der Waals surface area contributed by atoms with Gasteiger partial charge in [0.1, 0.15) is 4.60 Å².